The van der Waals surface area contributed by atoms with Crippen molar-refractivity contribution in [3.05, 3.63) is 35.5 Å². The summed E-state index contributed by atoms with van der Waals surface area (Å²) in [4.78, 5) is 4.74. The van der Waals surface area contributed by atoms with Crippen LogP contribution in [0.25, 0.3) is 10.9 Å². The number of pyridine rings is 1. The van der Waals surface area contributed by atoms with Gasteiger partial charge in [0.05, 0.1) is 5.52 Å². The first kappa shape index (κ1) is 9.97. The molecule has 1 aromatic carbocycles. The molecule has 0 fully saturated rings. The van der Waals surface area contributed by atoms with E-state index < -0.39 is 0 Å². The molecule has 0 saturated carbocycles. The zero-order valence-corrected chi connectivity index (χ0v) is 9.89. The summed E-state index contributed by atoms with van der Waals surface area (Å²) in [5.41, 5.74) is 10.7. The minimum atomic E-state index is 0.940. The first-order valence-electron chi connectivity index (χ1n) is 5.60. The van der Waals surface area contributed by atoms with Crippen molar-refractivity contribution >= 4 is 28.4 Å². The van der Waals surface area contributed by atoms with Crippen LogP contribution in [0.15, 0.2) is 24.3 Å². The summed E-state index contributed by atoms with van der Waals surface area (Å²) >= 11 is 1.96. The number of hydrogen-bond acceptors (Lipinski definition) is 3. The maximum Gasteiger partial charge on any atom is 0.0726 e. The number of nitrogens with two attached hydrogens (primary N) is 1. The molecule has 0 saturated heterocycles. The van der Waals surface area contributed by atoms with Gasteiger partial charge in [0.1, 0.15) is 0 Å². The topological polar surface area (TPSA) is 38.9 Å². The third kappa shape index (κ3) is 1.55. The Morgan fingerprint density at radius 1 is 1.25 bits per heavy atom. The largest absolute Gasteiger partial charge is 0.398 e. The van der Waals surface area contributed by atoms with Gasteiger partial charge in [-0.1, -0.05) is 18.2 Å². The number of aryl methyl sites for hydroxylation is 1. The molecular weight excluding hydrogens is 216 g/mol. The normalized spacial score (nSPS) is 15.8. The Kier molecular flexibility index (Phi) is 2.48. The smallest absolute Gasteiger partial charge is 0.0726 e. The number of hydrogen-bond donors (Lipinski definition) is 1. The van der Waals surface area contributed by atoms with E-state index in [1.165, 1.54) is 23.4 Å². The summed E-state index contributed by atoms with van der Waals surface area (Å²) in [6.45, 7) is 0. The number of anilines is 1. The van der Waals surface area contributed by atoms with Crippen molar-refractivity contribution in [3.63, 3.8) is 0 Å². The Balaban J connectivity index is 2.29. The first-order valence-corrected chi connectivity index (χ1v) is 6.75. The lowest BCUT2D eigenvalue weighted by atomic mass is 10.0. The number of benzene rings is 1. The van der Waals surface area contributed by atoms with E-state index in [9.17, 15) is 0 Å². The third-order valence-electron chi connectivity index (χ3n) is 3.07. The van der Waals surface area contributed by atoms with Gasteiger partial charge in [-0.2, -0.15) is 11.8 Å². The predicted octanol–water partition coefficient (Wildman–Crippen LogP) is 3.00. The molecule has 2 heterocycles. The van der Waals surface area contributed by atoms with E-state index in [-0.39, 0.29) is 0 Å². The van der Waals surface area contributed by atoms with Crippen molar-refractivity contribution in [3.8, 4) is 0 Å². The number of nitrogen functional groups attached to an aromatic ring is 1. The second kappa shape index (κ2) is 3.98. The van der Waals surface area contributed by atoms with Gasteiger partial charge in [0.15, 0.2) is 0 Å². The molecule has 0 aliphatic carbocycles. The molecule has 0 radical (unpaired) electrons. The zero-order chi connectivity index (χ0) is 11.0. The SMILES string of the molecule is Nc1c2c(nc3ccccc13)CCCSC2. The van der Waals surface area contributed by atoms with Crippen LogP contribution < -0.4 is 5.73 Å². The number of thioether (sulfide) groups is 1. The van der Waals surface area contributed by atoms with Gasteiger partial charge in [-0.3, -0.25) is 4.98 Å². The summed E-state index contributed by atoms with van der Waals surface area (Å²) in [6, 6.07) is 8.15. The highest BCUT2D eigenvalue weighted by Crippen LogP contribution is 2.31. The quantitative estimate of drug-likeness (QED) is 0.756. The molecule has 16 heavy (non-hydrogen) atoms. The van der Waals surface area contributed by atoms with Crippen molar-refractivity contribution in [1.29, 1.82) is 0 Å². The molecule has 1 aromatic heterocycles. The average Bonchev–Trinajstić information content (AvgIpc) is 2.55. The molecule has 2 nitrogen and oxygen atoms in total. The number of rotatable bonds is 0. The van der Waals surface area contributed by atoms with Crippen LogP contribution in [0, 0.1) is 0 Å². The molecule has 3 heteroatoms. The van der Waals surface area contributed by atoms with E-state index in [1.807, 2.05) is 30.0 Å². The number of para-hydroxylation sites is 1. The van der Waals surface area contributed by atoms with Crippen LogP contribution >= 0.6 is 11.8 Å². The highest BCUT2D eigenvalue weighted by Gasteiger charge is 2.14. The van der Waals surface area contributed by atoms with Gasteiger partial charge >= 0.3 is 0 Å². The standard InChI is InChI=1S/C13H14N2S/c14-13-9-4-1-2-5-11(9)15-12-6-3-7-16-8-10(12)13/h1-2,4-5H,3,6-8H2,(H2,14,15). The van der Waals surface area contributed by atoms with Crippen molar-refractivity contribution in [1.82, 2.24) is 4.98 Å². The van der Waals surface area contributed by atoms with E-state index in [4.69, 9.17) is 10.7 Å². The molecular formula is C13H14N2S. The van der Waals surface area contributed by atoms with Gasteiger partial charge in [0.2, 0.25) is 0 Å². The number of fused-ring (bicyclic) bond motifs is 2. The van der Waals surface area contributed by atoms with Crippen LogP contribution in [-0.4, -0.2) is 10.7 Å². The molecule has 0 bridgehead atoms. The van der Waals surface area contributed by atoms with Gasteiger partial charge in [0.25, 0.3) is 0 Å². The molecule has 2 N–H and O–H groups in total. The van der Waals surface area contributed by atoms with Crippen LogP contribution in [0.2, 0.25) is 0 Å². The van der Waals surface area contributed by atoms with Gasteiger partial charge < -0.3 is 5.73 Å². The molecule has 0 unspecified atom stereocenters. The summed E-state index contributed by atoms with van der Waals surface area (Å²) in [6.07, 6.45) is 2.28. The number of nitrogens with zero attached hydrogens (tertiary/aromatic N) is 1. The molecule has 1 aliphatic rings. The molecule has 82 valence electrons. The minimum absolute atomic E-state index is 0.940. The summed E-state index contributed by atoms with van der Waals surface area (Å²) < 4.78 is 0. The fourth-order valence-electron chi connectivity index (χ4n) is 2.21. The van der Waals surface area contributed by atoms with Crippen molar-refractivity contribution in [2.75, 3.05) is 11.5 Å². The van der Waals surface area contributed by atoms with Crippen molar-refractivity contribution in [2.45, 2.75) is 18.6 Å². The van der Waals surface area contributed by atoms with Gasteiger partial charge in [-0.05, 0) is 24.7 Å². The Labute approximate surface area is 99.2 Å². The van der Waals surface area contributed by atoms with Gasteiger partial charge in [-0.25, -0.2) is 0 Å². The highest BCUT2D eigenvalue weighted by molar-refractivity contribution is 7.98. The molecule has 0 amide bonds. The van der Waals surface area contributed by atoms with Crippen LogP contribution in [-0.2, 0) is 12.2 Å². The maximum absolute atomic E-state index is 6.26. The van der Waals surface area contributed by atoms with Crippen LogP contribution in [0.5, 0.6) is 0 Å². The fourth-order valence-corrected chi connectivity index (χ4v) is 3.23. The van der Waals surface area contributed by atoms with E-state index in [0.717, 1.165) is 28.8 Å². The van der Waals surface area contributed by atoms with Crippen LogP contribution in [0.3, 0.4) is 0 Å². The highest BCUT2D eigenvalue weighted by atomic mass is 32.2. The lowest BCUT2D eigenvalue weighted by Gasteiger charge is -2.11. The van der Waals surface area contributed by atoms with Gasteiger partial charge in [0, 0.05) is 28.1 Å². The van der Waals surface area contributed by atoms with Crippen molar-refractivity contribution < 1.29 is 0 Å². The van der Waals surface area contributed by atoms with E-state index in [2.05, 4.69) is 6.07 Å². The van der Waals surface area contributed by atoms with E-state index in [0.29, 0.717) is 0 Å². The summed E-state index contributed by atoms with van der Waals surface area (Å²) in [7, 11) is 0. The molecule has 0 atom stereocenters. The second-order valence-electron chi connectivity index (χ2n) is 4.12. The Hall–Kier alpha value is -1.22. The Bertz CT molecular complexity index is 537. The minimum Gasteiger partial charge on any atom is -0.398 e. The van der Waals surface area contributed by atoms with E-state index >= 15 is 0 Å². The second-order valence-corrected chi connectivity index (χ2v) is 5.23. The molecule has 0 spiro atoms. The average molecular weight is 230 g/mol. The van der Waals surface area contributed by atoms with E-state index in [1.54, 1.807) is 0 Å². The fraction of sp³-hybridized carbons (Fsp3) is 0.308. The van der Waals surface area contributed by atoms with Crippen LogP contribution in [0.1, 0.15) is 17.7 Å². The monoisotopic (exact) mass is 230 g/mol. The molecule has 1 aliphatic heterocycles. The molecule has 3 rings (SSSR count). The third-order valence-corrected chi connectivity index (χ3v) is 4.14. The van der Waals surface area contributed by atoms with Crippen LogP contribution in [0.4, 0.5) is 5.69 Å². The summed E-state index contributed by atoms with van der Waals surface area (Å²) in [5, 5.41) is 1.10. The number of aromatic nitrogens is 1. The maximum atomic E-state index is 6.26. The molecule has 2 aromatic rings. The predicted molar refractivity (Wildman–Crippen MR) is 70.6 cm³/mol. The first-order chi connectivity index (χ1) is 7.86. The lowest BCUT2D eigenvalue weighted by Crippen LogP contribution is -2.02. The Morgan fingerprint density at radius 2 is 2.12 bits per heavy atom. The summed E-state index contributed by atoms with van der Waals surface area (Å²) in [5.74, 6) is 2.23. The van der Waals surface area contributed by atoms with Crippen molar-refractivity contribution in [2.24, 2.45) is 0 Å². The van der Waals surface area contributed by atoms with Gasteiger partial charge in [-0.15, -0.1) is 0 Å². The Morgan fingerprint density at radius 3 is 3.06 bits per heavy atom. The lowest BCUT2D eigenvalue weighted by molar-refractivity contribution is 0.899. The zero-order valence-electron chi connectivity index (χ0n) is 9.07.